The quantitative estimate of drug-likeness (QED) is 0.876. The van der Waals surface area contributed by atoms with Gasteiger partial charge in [0.05, 0.1) is 0 Å². The van der Waals surface area contributed by atoms with Crippen LogP contribution in [0.15, 0.2) is 18.2 Å². The maximum Gasteiger partial charge on any atom is 0.405 e. The highest BCUT2D eigenvalue weighted by Gasteiger charge is 2.36. The van der Waals surface area contributed by atoms with Gasteiger partial charge in [0, 0.05) is 28.7 Å². The van der Waals surface area contributed by atoms with Gasteiger partial charge in [0.15, 0.2) is 0 Å². The molecule has 0 aliphatic carbocycles. The Bertz CT molecular complexity index is 857. The van der Waals surface area contributed by atoms with Gasteiger partial charge in [-0.2, -0.15) is 13.2 Å². The number of hydrogen-bond donors (Lipinski definition) is 2. The van der Waals surface area contributed by atoms with E-state index in [4.69, 9.17) is 0 Å². The minimum Gasteiger partial charge on any atom is -0.358 e. The first kappa shape index (κ1) is 18.3. The summed E-state index contributed by atoms with van der Waals surface area (Å²) in [6.07, 6.45) is -3.53. The summed E-state index contributed by atoms with van der Waals surface area (Å²) in [7, 11) is 0. The van der Waals surface area contributed by atoms with Gasteiger partial charge >= 0.3 is 6.18 Å². The average Bonchev–Trinajstić information content (AvgIpc) is 3.17. The van der Waals surface area contributed by atoms with Gasteiger partial charge in [0.25, 0.3) is 5.91 Å². The van der Waals surface area contributed by atoms with Gasteiger partial charge in [-0.3, -0.25) is 9.59 Å². The van der Waals surface area contributed by atoms with Crippen LogP contribution in [0.4, 0.5) is 13.2 Å². The van der Waals surface area contributed by atoms with Crippen molar-refractivity contribution in [2.75, 3.05) is 13.1 Å². The number of carbonyl (C=O) groups is 2. The lowest BCUT2D eigenvalue weighted by molar-refractivity contribution is -0.140. The van der Waals surface area contributed by atoms with Crippen LogP contribution in [0.25, 0.3) is 10.9 Å². The Kier molecular flexibility index (Phi) is 4.68. The van der Waals surface area contributed by atoms with Gasteiger partial charge in [-0.05, 0) is 50.5 Å². The molecule has 5 nitrogen and oxygen atoms in total. The second kappa shape index (κ2) is 6.66. The highest BCUT2D eigenvalue weighted by atomic mass is 19.4. The largest absolute Gasteiger partial charge is 0.405 e. The lowest BCUT2D eigenvalue weighted by Gasteiger charge is -2.24. The standard InChI is InChI=1S/C18H20F3N3O2/c1-10-11(2)23-14-6-5-12(8-13(10)14)17(26)24-7-3-4-15(24)16(25)22-9-18(19,20)21/h5-6,8,15,23H,3-4,7,9H2,1-2H3,(H,22,25)/t15-/m0/s1. The zero-order chi connectivity index (χ0) is 19.1. The van der Waals surface area contributed by atoms with Gasteiger partial charge < -0.3 is 15.2 Å². The normalized spacial score (nSPS) is 17.7. The molecule has 0 spiro atoms. The van der Waals surface area contributed by atoms with Gasteiger partial charge in [0.1, 0.15) is 12.6 Å². The van der Waals surface area contributed by atoms with Crippen LogP contribution < -0.4 is 5.32 Å². The lowest BCUT2D eigenvalue weighted by Crippen LogP contribution is -2.48. The molecule has 1 aliphatic rings. The van der Waals surface area contributed by atoms with Crippen LogP contribution in [0, 0.1) is 13.8 Å². The summed E-state index contributed by atoms with van der Waals surface area (Å²) < 4.78 is 36.9. The maximum atomic E-state index is 12.8. The number of nitrogens with zero attached hydrogens (tertiary/aromatic N) is 1. The average molecular weight is 367 g/mol. The first-order valence-corrected chi connectivity index (χ1v) is 8.42. The van der Waals surface area contributed by atoms with E-state index in [0.717, 1.165) is 22.2 Å². The third-order valence-electron chi connectivity index (χ3n) is 4.83. The number of H-pyrrole nitrogens is 1. The Labute approximate surface area is 148 Å². The summed E-state index contributed by atoms with van der Waals surface area (Å²) >= 11 is 0. The monoisotopic (exact) mass is 367 g/mol. The highest BCUT2D eigenvalue weighted by Crippen LogP contribution is 2.25. The topological polar surface area (TPSA) is 65.2 Å². The first-order valence-electron chi connectivity index (χ1n) is 8.42. The number of aromatic amines is 1. The number of nitrogens with one attached hydrogen (secondary N) is 2. The van der Waals surface area contributed by atoms with Gasteiger partial charge in [-0.1, -0.05) is 0 Å². The summed E-state index contributed by atoms with van der Waals surface area (Å²) in [6.45, 7) is 2.86. The van der Waals surface area contributed by atoms with Gasteiger partial charge in [0.2, 0.25) is 5.91 Å². The zero-order valence-electron chi connectivity index (χ0n) is 14.5. The summed E-state index contributed by atoms with van der Waals surface area (Å²) in [6, 6.07) is 4.37. The smallest absolute Gasteiger partial charge is 0.358 e. The fraction of sp³-hybridized carbons (Fsp3) is 0.444. The van der Waals surface area contributed by atoms with E-state index in [0.29, 0.717) is 24.9 Å². The van der Waals surface area contributed by atoms with Crippen LogP contribution in [-0.2, 0) is 4.79 Å². The van der Waals surface area contributed by atoms with Crippen molar-refractivity contribution in [3.8, 4) is 0 Å². The third kappa shape index (κ3) is 3.54. The van der Waals surface area contributed by atoms with Crippen molar-refractivity contribution in [2.45, 2.75) is 38.9 Å². The number of carbonyl (C=O) groups excluding carboxylic acids is 2. The predicted molar refractivity (Wildman–Crippen MR) is 90.9 cm³/mol. The summed E-state index contributed by atoms with van der Waals surface area (Å²) in [5.74, 6) is -1.10. The van der Waals surface area contributed by atoms with Crippen molar-refractivity contribution in [2.24, 2.45) is 0 Å². The maximum absolute atomic E-state index is 12.8. The number of amides is 2. The van der Waals surface area contributed by atoms with Crippen molar-refractivity contribution in [3.05, 3.63) is 35.0 Å². The number of halogens is 3. The molecule has 26 heavy (non-hydrogen) atoms. The SMILES string of the molecule is Cc1[nH]c2ccc(C(=O)N3CCC[C@H]3C(=O)NCC(F)(F)F)cc2c1C. The molecule has 2 aromatic rings. The molecule has 0 saturated carbocycles. The fourth-order valence-electron chi connectivity index (χ4n) is 3.35. The second-order valence-electron chi connectivity index (χ2n) is 6.62. The van der Waals surface area contributed by atoms with Crippen LogP contribution >= 0.6 is 0 Å². The van der Waals surface area contributed by atoms with Crippen LogP contribution in [0.2, 0.25) is 0 Å². The summed E-state index contributed by atoms with van der Waals surface area (Å²) in [5, 5.41) is 2.80. The van der Waals surface area contributed by atoms with E-state index in [9.17, 15) is 22.8 Å². The molecule has 1 aromatic carbocycles. The van der Waals surface area contributed by atoms with Crippen molar-refractivity contribution in [3.63, 3.8) is 0 Å². The van der Waals surface area contributed by atoms with Crippen molar-refractivity contribution >= 4 is 22.7 Å². The number of fused-ring (bicyclic) bond motifs is 1. The van der Waals surface area contributed by atoms with E-state index in [1.54, 1.807) is 18.2 Å². The molecule has 1 aromatic heterocycles. The Morgan fingerprint density at radius 1 is 1.31 bits per heavy atom. The van der Waals surface area contributed by atoms with E-state index in [1.165, 1.54) is 4.90 Å². The molecule has 2 heterocycles. The zero-order valence-corrected chi connectivity index (χ0v) is 14.5. The molecule has 1 saturated heterocycles. The van der Waals surface area contributed by atoms with Crippen LogP contribution in [-0.4, -0.2) is 47.0 Å². The molecule has 1 atom stereocenters. The Hall–Kier alpha value is -2.51. The molecule has 0 radical (unpaired) electrons. The molecule has 3 rings (SSSR count). The molecule has 2 N–H and O–H groups in total. The number of likely N-dealkylation sites (tertiary alicyclic amines) is 1. The molecule has 8 heteroatoms. The summed E-state index contributed by atoms with van der Waals surface area (Å²) in [5.41, 5.74) is 3.39. The molecular formula is C18H20F3N3O2. The Balaban J connectivity index is 1.80. The van der Waals surface area contributed by atoms with E-state index < -0.39 is 24.7 Å². The molecule has 0 bridgehead atoms. The van der Waals surface area contributed by atoms with E-state index in [2.05, 4.69) is 4.98 Å². The number of hydrogen-bond acceptors (Lipinski definition) is 2. The van der Waals surface area contributed by atoms with Gasteiger partial charge in [-0.25, -0.2) is 0 Å². The van der Waals surface area contributed by atoms with Crippen LogP contribution in [0.3, 0.4) is 0 Å². The van der Waals surface area contributed by atoms with Crippen molar-refractivity contribution in [1.82, 2.24) is 15.2 Å². The van der Waals surface area contributed by atoms with E-state index in [1.807, 2.05) is 19.2 Å². The third-order valence-corrected chi connectivity index (χ3v) is 4.83. The van der Waals surface area contributed by atoms with Crippen molar-refractivity contribution in [1.29, 1.82) is 0 Å². The number of aromatic nitrogens is 1. The fourth-order valence-corrected chi connectivity index (χ4v) is 3.35. The van der Waals surface area contributed by atoms with Gasteiger partial charge in [-0.15, -0.1) is 0 Å². The van der Waals surface area contributed by atoms with Crippen LogP contribution in [0.5, 0.6) is 0 Å². The molecule has 140 valence electrons. The summed E-state index contributed by atoms with van der Waals surface area (Å²) in [4.78, 5) is 29.5. The van der Waals surface area contributed by atoms with E-state index >= 15 is 0 Å². The van der Waals surface area contributed by atoms with E-state index in [-0.39, 0.29) is 5.91 Å². The minimum absolute atomic E-state index is 0.338. The molecule has 0 unspecified atom stereocenters. The first-order chi connectivity index (χ1) is 12.2. The molecule has 1 fully saturated rings. The number of alkyl halides is 3. The number of aryl methyl sites for hydroxylation is 2. The second-order valence-corrected chi connectivity index (χ2v) is 6.62. The number of rotatable bonds is 3. The minimum atomic E-state index is -4.47. The van der Waals surface area contributed by atoms with Crippen LogP contribution in [0.1, 0.15) is 34.5 Å². The number of benzene rings is 1. The Morgan fingerprint density at radius 2 is 2.04 bits per heavy atom. The molecule has 1 aliphatic heterocycles. The molecular weight excluding hydrogens is 347 g/mol. The lowest BCUT2D eigenvalue weighted by atomic mass is 10.1. The Morgan fingerprint density at radius 3 is 2.73 bits per heavy atom. The highest BCUT2D eigenvalue weighted by molar-refractivity contribution is 6.01. The predicted octanol–water partition coefficient (Wildman–Crippen LogP) is 3.07. The van der Waals surface area contributed by atoms with Crippen molar-refractivity contribution < 1.29 is 22.8 Å². The molecule has 2 amide bonds.